The molecule has 0 N–H and O–H groups in total. The van der Waals surface area contributed by atoms with Gasteiger partial charge in [-0.2, -0.15) is 0 Å². The van der Waals surface area contributed by atoms with Crippen LogP contribution in [-0.4, -0.2) is 11.9 Å². The molecule has 0 atom stereocenters. The van der Waals surface area contributed by atoms with Crippen molar-refractivity contribution in [2.45, 2.75) is 104 Å². The van der Waals surface area contributed by atoms with Gasteiger partial charge in [-0.25, -0.2) is 9.59 Å². The van der Waals surface area contributed by atoms with E-state index >= 15 is 0 Å². The van der Waals surface area contributed by atoms with Gasteiger partial charge < -0.3 is 9.47 Å². The lowest BCUT2D eigenvalue weighted by Gasteiger charge is -2.07. The molecule has 48 heavy (non-hydrogen) atoms. The normalized spacial score (nSPS) is 9.71. The van der Waals surface area contributed by atoms with E-state index in [1.807, 2.05) is 0 Å². The molecular formula is C44H46O4. The summed E-state index contributed by atoms with van der Waals surface area (Å²) < 4.78 is 11.0. The Morgan fingerprint density at radius 3 is 1.31 bits per heavy atom. The Hall–Kier alpha value is -5.16. The second-order valence-electron chi connectivity index (χ2n) is 11.5. The number of carbonyl (C=O) groups excluding carboxylic acids is 2. The summed E-state index contributed by atoms with van der Waals surface area (Å²) in [5.41, 5.74) is 2.02. The van der Waals surface area contributed by atoms with Gasteiger partial charge >= 0.3 is 11.9 Å². The average Bonchev–Trinajstić information content (AvgIpc) is 3.11. The Morgan fingerprint density at radius 2 is 0.896 bits per heavy atom. The first-order valence-corrected chi connectivity index (χ1v) is 17.3. The highest BCUT2D eigenvalue weighted by Gasteiger charge is 2.14. The van der Waals surface area contributed by atoms with Crippen LogP contribution in [-0.2, 0) is 0 Å². The monoisotopic (exact) mass is 638 g/mol. The van der Waals surface area contributed by atoms with Gasteiger partial charge in [0.25, 0.3) is 0 Å². The maximum Gasteiger partial charge on any atom is 0.343 e. The van der Waals surface area contributed by atoms with Gasteiger partial charge in [0, 0.05) is 24.0 Å². The van der Waals surface area contributed by atoms with Crippen molar-refractivity contribution in [3.8, 4) is 58.9 Å². The van der Waals surface area contributed by atoms with Crippen molar-refractivity contribution in [1.29, 1.82) is 0 Å². The Labute approximate surface area is 288 Å². The van der Waals surface area contributed by atoms with E-state index in [0.29, 0.717) is 11.5 Å². The zero-order valence-electron chi connectivity index (χ0n) is 28.5. The van der Waals surface area contributed by atoms with E-state index in [0.717, 1.165) is 36.8 Å². The molecule has 0 fully saturated rings. The molecule has 0 amide bonds. The predicted molar refractivity (Wildman–Crippen MR) is 195 cm³/mol. The minimum atomic E-state index is -0.581. The first-order valence-electron chi connectivity index (χ1n) is 17.3. The molecule has 0 aliphatic heterocycles. The molecule has 3 aromatic carbocycles. The van der Waals surface area contributed by atoms with Crippen LogP contribution in [0.2, 0.25) is 0 Å². The first kappa shape index (κ1) is 37.3. The van der Waals surface area contributed by atoms with Crippen LogP contribution in [0.5, 0.6) is 11.5 Å². The van der Waals surface area contributed by atoms with Crippen molar-refractivity contribution in [2.75, 3.05) is 0 Å². The second-order valence-corrected chi connectivity index (χ2v) is 11.5. The molecule has 0 heterocycles. The number of esters is 2. The lowest BCUT2D eigenvalue weighted by atomic mass is 10.1. The highest BCUT2D eigenvalue weighted by molar-refractivity contribution is 5.96. The minimum Gasteiger partial charge on any atom is -0.423 e. The fraction of sp³-hybridized carbons (Fsp3) is 0.364. The fourth-order valence-electron chi connectivity index (χ4n) is 4.73. The minimum absolute atomic E-state index is 0.234. The number of benzene rings is 3. The molecule has 0 unspecified atom stereocenters. The van der Waals surface area contributed by atoms with Gasteiger partial charge in [-0.1, -0.05) is 108 Å². The summed E-state index contributed by atoms with van der Waals surface area (Å²) in [6, 6.07) is 20.1. The van der Waals surface area contributed by atoms with Crippen molar-refractivity contribution >= 4 is 11.9 Å². The molecule has 0 spiro atoms. The average molecular weight is 639 g/mol. The van der Waals surface area contributed by atoms with Crippen molar-refractivity contribution in [2.24, 2.45) is 0 Å². The van der Waals surface area contributed by atoms with E-state index in [1.165, 1.54) is 70.3 Å². The van der Waals surface area contributed by atoms with E-state index < -0.39 is 11.9 Å². The maximum atomic E-state index is 12.8. The molecule has 4 nitrogen and oxygen atoms in total. The lowest BCUT2D eigenvalue weighted by molar-refractivity contribution is 0.0734. The standard InChI is InChI=1S/C44H46O4/c1-3-5-7-9-11-13-15-17-19-21-24-37-28-32-41(33-29-37)47-43(45)39-26-23-27-40(36-39)44(46)48-42-34-30-38(31-35-42)25-22-20-18-16-14-12-10-8-6-4-2/h23,26-36H,3-16H2,1-2H3. The van der Waals surface area contributed by atoms with Gasteiger partial charge in [-0.15, -0.1) is 0 Å². The molecule has 3 aromatic rings. The first-order chi connectivity index (χ1) is 23.6. The van der Waals surface area contributed by atoms with Gasteiger partial charge in [0.15, 0.2) is 0 Å². The van der Waals surface area contributed by atoms with Gasteiger partial charge in [-0.05, 0) is 103 Å². The quantitative estimate of drug-likeness (QED) is 0.0678. The Balaban J connectivity index is 1.44. The highest BCUT2D eigenvalue weighted by Crippen LogP contribution is 2.17. The van der Waals surface area contributed by atoms with Crippen LogP contribution in [0.4, 0.5) is 0 Å². The van der Waals surface area contributed by atoms with Gasteiger partial charge in [0.2, 0.25) is 0 Å². The summed E-state index contributed by atoms with van der Waals surface area (Å²) in [4.78, 5) is 25.6. The Bertz CT molecular complexity index is 1560. The number of rotatable bonds is 16. The predicted octanol–water partition coefficient (Wildman–Crippen LogP) is 10.3. The molecular weight excluding hydrogens is 592 g/mol. The van der Waals surface area contributed by atoms with Crippen molar-refractivity contribution in [3.63, 3.8) is 0 Å². The van der Waals surface area contributed by atoms with Crippen LogP contribution in [0, 0.1) is 47.4 Å². The van der Waals surface area contributed by atoms with E-state index in [9.17, 15) is 9.59 Å². The van der Waals surface area contributed by atoms with E-state index in [4.69, 9.17) is 9.47 Å². The summed E-state index contributed by atoms with van der Waals surface area (Å²) in [5, 5.41) is 0. The summed E-state index contributed by atoms with van der Waals surface area (Å²) in [7, 11) is 0. The zero-order chi connectivity index (χ0) is 34.1. The van der Waals surface area contributed by atoms with Crippen molar-refractivity contribution in [1.82, 2.24) is 0 Å². The highest BCUT2D eigenvalue weighted by atomic mass is 16.5. The SMILES string of the molecule is CCCCCCCCC#CC#Cc1ccc(OC(=O)c2cccc(C(=O)Oc3ccc(C#CC#CCCCCCCCC)cc3)c2)cc1. The van der Waals surface area contributed by atoms with E-state index in [2.05, 4.69) is 61.2 Å². The van der Waals surface area contributed by atoms with Crippen LogP contribution in [0.3, 0.4) is 0 Å². The smallest absolute Gasteiger partial charge is 0.343 e. The van der Waals surface area contributed by atoms with Gasteiger partial charge in [-0.3, -0.25) is 0 Å². The molecule has 246 valence electrons. The molecule has 0 saturated heterocycles. The Morgan fingerprint density at radius 1 is 0.500 bits per heavy atom. The third-order valence-corrected chi connectivity index (χ3v) is 7.49. The molecule has 0 aliphatic rings. The van der Waals surface area contributed by atoms with Gasteiger partial charge in [0.05, 0.1) is 11.1 Å². The van der Waals surface area contributed by atoms with Crippen LogP contribution < -0.4 is 9.47 Å². The summed E-state index contributed by atoms with van der Waals surface area (Å²) in [6.07, 6.45) is 16.7. The van der Waals surface area contributed by atoms with Crippen LogP contribution >= 0.6 is 0 Å². The fourth-order valence-corrected chi connectivity index (χ4v) is 4.73. The number of ether oxygens (including phenoxy) is 2. The molecule has 0 saturated carbocycles. The lowest BCUT2D eigenvalue weighted by Crippen LogP contribution is -2.12. The molecule has 0 aromatic heterocycles. The van der Waals surface area contributed by atoms with Crippen LogP contribution in [0.25, 0.3) is 0 Å². The molecule has 4 heteroatoms. The largest absolute Gasteiger partial charge is 0.423 e. The van der Waals surface area contributed by atoms with Crippen molar-refractivity contribution in [3.05, 3.63) is 95.1 Å². The number of hydrogen-bond acceptors (Lipinski definition) is 4. The maximum absolute atomic E-state index is 12.8. The van der Waals surface area contributed by atoms with E-state index in [1.54, 1.807) is 66.7 Å². The molecule has 0 bridgehead atoms. The summed E-state index contributed by atoms with van der Waals surface area (Å²) in [6.45, 7) is 4.44. The van der Waals surface area contributed by atoms with Crippen LogP contribution in [0.15, 0.2) is 72.8 Å². The summed E-state index contributed by atoms with van der Waals surface area (Å²) in [5.74, 6) is 23.4. The molecule has 3 rings (SSSR count). The third-order valence-electron chi connectivity index (χ3n) is 7.49. The zero-order valence-corrected chi connectivity index (χ0v) is 28.5. The second kappa shape index (κ2) is 23.2. The summed E-state index contributed by atoms with van der Waals surface area (Å²) >= 11 is 0. The van der Waals surface area contributed by atoms with Gasteiger partial charge in [0.1, 0.15) is 11.5 Å². The Kier molecular flexibility index (Phi) is 18.0. The number of unbranched alkanes of at least 4 members (excludes halogenated alkanes) is 12. The third kappa shape index (κ3) is 15.4. The van der Waals surface area contributed by atoms with Crippen LogP contribution in [0.1, 0.15) is 136 Å². The topological polar surface area (TPSA) is 52.6 Å². The van der Waals surface area contributed by atoms with E-state index in [-0.39, 0.29) is 11.1 Å². The number of carbonyl (C=O) groups is 2. The number of hydrogen-bond donors (Lipinski definition) is 0. The molecule has 0 aliphatic carbocycles. The van der Waals surface area contributed by atoms with Crippen molar-refractivity contribution < 1.29 is 19.1 Å². The molecule has 0 radical (unpaired) electrons.